The van der Waals surface area contributed by atoms with Gasteiger partial charge < -0.3 is 9.47 Å². The number of benzene rings is 2. The van der Waals surface area contributed by atoms with Crippen LogP contribution in [0.1, 0.15) is 5.69 Å². The van der Waals surface area contributed by atoms with Crippen molar-refractivity contribution in [3.8, 4) is 17.2 Å². The highest BCUT2D eigenvalue weighted by atomic mass is 16.6. The van der Waals surface area contributed by atoms with Gasteiger partial charge in [0, 0.05) is 35.0 Å². The van der Waals surface area contributed by atoms with Gasteiger partial charge in [0.05, 0.1) is 19.1 Å². The van der Waals surface area contributed by atoms with E-state index in [1.807, 2.05) is 13.0 Å². The minimum absolute atomic E-state index is 0.0263. The number of rotatable bonds is 4. The molecule has 0 saturated carbocycles. The molecule has 0 saturated heterocycles. The zero-order chi connectivity index (χ0) is 18.1. The number of aromatic nitrogens is 1. The summed E-state index contributed by atoms with van der Waals surface area (Å²) >= 11 is 0. The van der Waals surface area contributed by atoms with Crippen molar-refractivity contribution in [3.63, 3.8) is 0 Å². The molecule has 3 aromatic rings. The monoisotopic (exact) mass is 340 g/mol. The van der Waals surface area contributed by atoms with Crippen molar-refractivity contribution >= 4 is 16.5 Å². The standard InChI is InChI=1S/C18H16N2O5/c1-11-15-10-17(25-3)16(24-2)8-12(15)9-18(21)19(11)13-4-6-14(7-5-13)20(22)23/h4-10H,1-3H3. The number of ether oxygens (including phenoxy) is 2. The van der Waals surface area contributed by atoms with Crippen molar-refractivity contribution in [2.24, 2.45) is 0 Å². The molecule has 0 aliphatic heterocycles. The van der Waals surface area contributed by atoms with Crippen LogP contribution in [0.4, 0.5) is 5.69 Å². The van der Waals surface area contributed by atoms with Crippen LogP contribution in [0.15, 0.2) is 47.3 Å². The second-order valence-electron chi connectivity index (χ2n) is 5.47. The summed E-state index contributed by atoms with van der Waals surface area (Å²) in [7, 11) is 3.08. The smallest absolute Gasteiger partial charge is 0.269 e. The molecular formula is C18H16N2O5. The van der Waals surface area contributed by atoms with Gasteiger partial charge >= 0.3 is 0 Å². The van der Waals surface area contributed by atoms with Crippen LogP contribution < -0.4 is 15.0 Å². The van der Waals surface area contributed by atoms with E-state index in [2.05, 4.69) is 0 Å². The van der Waals surface area contributed by atoms with Gasteiger partial charge in [-0.15, -0.1) is 0 Å². The van der Waals surface area contributed by atoms with Crippen molar-refractivity contribution in [2.75, 3.05) is 14.2 Å². The van der Waals surface area contributed by atoms with Gasteiger partial charge in [0.2, 0.25) is 0 Å². The Morgan fingerprint density at radius 1 is 1.00 bits per heavy atom. The fourth-order valence-corrected chi connectivity index (χ4v) is 2.86. The molecule has 0 N–H and O–H groups in total. The summed E-state index contributed by atoms with van der Waals surface area (Å²) in [5.41, 5.74) is 1.01. The maximum absolute atomic E-state index is 12.6. The predicted molar refractivity (Wildman–Crippen MR) is 94.0 cm³/mol. The van der Waals surface area contributed by atoms with Gasteiger partial charge in [0.15, 0.2) is 11.5 Å². The molecule has 0 amide bonds. The lowest BCUT2D eigenvalue weighted by atomic mass is 10.1. The molecule has 25 heavy (non-hydrogen) atoms. The second-order valence-corrected chi connectivity index (χ2v) is 5.47. The third-order valence-electron chi connectivity index (χ3n) is 4.10. The number of nitro groups is 1. The number of methoxy groups -OCH3 is 2. The fourth-order valence-electron chi connectivity index (χ4n) is 2.86. The SMILES string of the molecule is COc1cc2cc(=O)n(-c3ccc([N+](=O)[O-])cc3)c(C)c2cc1OC. The van der Waals surface area contributed by atoms with E-state index >= 15 is 0 Å². The molecule has 7 heteroatoms. The number of hydrogen-bond acceptors (Lipinski definition) is 5. The van der Waals surface area contributed by atoms with Crippen LogP contribution in [0.5, 0.6) is 11.5 Å². The molecule has 2 aromatic carbocycles. The van der Waals surface area contributed by atoms with Crippen molar-refractivity contribution in [2.45, 2.75) is 6.92 Å². The Morgan fingerprint density at radius 3 is 2.16 bits per heavy atom. The summed E-state index contributed by atoms with van der Waals surface area (Å²) in [6.45, 7) is 1.82. The molecule has 1 heterocycles. The molecule has 7 nitrogen and oxygen atoms in total. The average Bonchev–Trinajstić information content (AvgIpc) is 2.61. The first-order valence-electron chi connectivity index (χ1n) is 7.49. The Morgan fingerprint density at radius 2 is 1.60 bits per heavy atom. The average molecular weight is 340 g/mol. The number of fused-ring (bicyclic) bond motifs is 1. The normalized spacial score (nSPS) is 10.7. The number of pyridine rings is 1. The van der Waals surface area contributed by atoms with Crippen molar-refractivity contribution in [1.82, 2.24) is 4.57 Å². The molecule has 1 aromatic heterocycles. The minimum Gasteiger partial charge on any atom is -0.493 e. The first-order chi connectivity index (χ1) is 12.0. The van der Waals surface area contributed by atoms with E-state index in [9.17, 15) is 14.9 Å². The van der Waals surface area contributed by atoms with Crippen LogP contribution in [0.25, 0.3) is 16.5 Å². The maximum atomic E-state index is 12.6. The van der Waals surface area contributed by atoms with E-state index in [1.165, 1.54) is 29.9 Å². The van der Waals surface area contributed by atoms with Crippen LogP contribution in [0.3, 0.4) is 0 Å². The first kappa shape index (κ1) is 16.5. The van der Waals surface area contributed by atoms with Crippen LogP contribution >= 0.6 is 0 Å². The summed E-state index contributed by atoms with van der Waals surface area (Å²) in [5, 5.41) is 12.4. The minimum atomic E-state index is -0.475. The van der Waals surface area contributed by atoms with Crippen LogP contribution in [-0.2, 0) is 0 Å². The summed E-state index contributed by atoms with van der Waals surface area (Å²) < 4.78 is 12.1. The van der Waals surface area contributed by atoms with Gasteiger partial charge in [-0.3, -0.25) is 19.5 Å². The molecule has 0 aliphatic rings. The number of non-ortho nitro benzene ring substituents is 1. The molecule has 0 unspecified atom stereocenters. The quantitative estimate of drug-likeness (QED) is 0.538. The molecule has 0 radical (unpaired) electrons. The molecule has 0 aliphatic carbocycles. The molecule has 0 fully saturated rings. The zero-order valence-corrected chi connectivity index (χ0v) is 14.0. The lowest BCUT2D eigenvalue weighted by Crippen LogP contribution is -2.19. The van der Waals surface area contributed by atoms with E-state index in [-0.39, 0.29) is 11.2 Å². The van der Waals surface area contributed by atoms with Gasteiger partial charge in [-0.1, -0.05) is 0 Å². The fraction of sp³-hybridized carbons (Fsp3) is 0.167. The third-order valence-corrected chi connectivity index (χ3v) is 4.10. The number of aryl methyl sites for hydroxylation is 1. The molecule has 0 bridgehead atoms. The Balaban J connectivity index is 2.25. The lowest BCUT2D eigenvalue weighted by Gasteiger charge is -2.15. The van der Waals surface area contributed by atoms with Gasteiger partial charge in [-0.05, 0) is 36.6 Å². The topological polar surface area (TPSA) is 83.6 Å². The number of hydrogen-bond donors (Lipinski definition) is 0. The van der Waals surface area contributed by atoms with Crippen LogP contribution in [-0.4, -0.2) is 23.7 Å². The highest BCUT2D eigenvalue weighted by Gasteiger charge is 2.13. The van der Waals surface area contributed by atoms with Crippen molar-refractivity contribution in [3.05, 3.63) is 68.6 Å². The van der Waals surface area contributed by atoms with Crippen molar-refractivity contribution in [1.29, 1.82) is 0 Å². The molecule has 0 atom stereocenters. The van der Waals surface area contributed by atoms with E-state index in [4.69, 9.17) is 9.47 Å². The first-order valence-corrected chi connectivity index (χ1v) is 7.49. The Labute approximate surface area is 143 Å². The summed E-state index contributed by atoms with van der Waals surface area (Å²) in [4.78, 5) is 22.9. The third kappa shape index (κ3) is 2.80. The van der Waals surface area contributed by atoms with Gasteiger partial charge in [-0.2, -0.15) is 0 Å². The van der Waals surface area contributed by atoms with Crippen LogP contribution in [0.2, 0.25) is 0 Å². The Bertz CT molecular complexity index is 1020. The number of nitro benzene ring substituents is 1. The van der Waals surface area contributed by atoms with Gasteiger partial charge in [-0.25, -0.2) is 0 Å². The molecule has 128 valence electrons. The van der Waals surface area contributed by atoms with E-state index in [1.54, 1.807) is 25.3 Å². The predicted octanol–water partition coefficient (Wildman–Crippen LogP) is 3.22. The molecule has 3 rings (SSSR count). The van der Waals surface area contributed by atoms with E-state index in [0.29, 0.717) is 22.9 Å². The maximum Gasteiger partial charge on any atom is 0.269 e. The lowest BCUT2D eigenvalue weighted by molar-refractivity contribution is -0.384. The van der Waals surface area contributed by atoms with Crippen LogP contribution in [0, 0.1) is 17.0 Å². The zero-order valence-electron chi connectivity index (χ0n) is 14.0. The van der Waals surface area contributed by atoms with Crippen molar-refractivity contribution < 1.29 is 14.4 Å². The summed E-state index contributed by atoms with van der Waals surface area (Å²) in [6.07, 6.45) is 0. The van der Waals surface area contributed by atoms with E-state index in [0.717, 1.165) is 10.8 Å². The van der Waals surface area contributed by atoms with Gasteiger partial charge in [0.25, 0.3) is 11.2 Å². The largest absolute Gasteiger partial charge is 0.493 e. The number of nitrogens with zero attached hydrogens (tertiary/aromatic N) is 2. The Hall–Kier alpha value is -3.35. The highest BCUT2D eigenvalue weighted by molar-refractivity contribution is 5.88. The molecular weight excluding hydrogens is 324 g/mol. The summed E-state index contributed by atoms with van der Waals surface area (Å²) in [5.74, 6) is 1.11. The molecule has 0 spiro atoms. The summed E-state index contributed by atoms with van der Waals surface area (Å²) in [6, 6.07) is 10.9. The Kier molecular flexibility index (Phi) is 4.14. The highest BCUT2D eigenvalue weighted by Crippen LogP contribution is 2.33. The second kappa shape index (κ2) is 6.27. The van der Waals surface area contributed by atoms with E-state index < -0.39 is 4.92 Å². The van der Waals surface area contributed by atoms with Gasteiger partial charge in [0.1, 0.15) is 0 Å².